The van der Waals surface area contributed by atoms with Crippen molar-refractivity contribution < 1.29 is 14.7 Å². The number of nitrogens with zero attached hydrogens (tertiary/aromatic N) is 1. The van der Waals surface area contributed by atoms with E-state index in [9.17, 15) is 14.7 Å². The molecule has 0 aromatic heterocycles. The maximum atomic E-state index is 12.4. The van der Waals surface area contributed by atoms with E-state index in [0.29, 0.717) is 11.1 Å². The third kappa shape index (κ3) is 2.17. The zero-order chi connectivity index (χ0) is 15.1. The van der Waals surface area contributed by atoms with Gasteiger partial charge in [0.2, 0.25) is 0 Å². The van der Waals surface area contributed by atoms with E-state index in [1.807, 2.05) is 0 Å². The van der Waals surface area contributed by atoms with Crippen LogP contribution in [0.4, 0.5) is 5.69 Å². The van der Waals surface area contributed by atoms with Gasteiger partial charge in [-0.15, -0.1) is 0 Å². The quantitative estimate of drug-likeness (QED) is 0.646. The van der Waals surface area contributed by atoms with E-state index in [1.165, 1.54) is 6.07 Å². The van der Waals surface area contributed by atoms with Gasteiger partial charge in [-0.25, -0.2) is 0 Å². The van der Waals surface area contributed by atoms with Crippen LogP contribution in [0.25, 0.3) is 0 Å². The fraction of sp³-hybridized carbons (Fsp3) is 0.0667. The predicted molar refractivity (Wildman–Crippen MR) is 80.9 cm³/mol. The fourth-order valence-corrected chi connectivity index (χ4v) is 2.76. The normalized spacial score (nSPS) is 13.7. The molecule has 0 bridgehead atoms. The van der Waals surface area contributed by atoms with Crippen molar-refractivity contribution in [2.75, 3.05) is 5.73 Å². The molecule has 0 saturated heterocycles. The Morgan fingerprint density at radius 2 is 1.90 bits per heavy atom. The van der Waals surface area contributed by atoms with Crippen molar-refractivity contribution in [3.05, 3.63) is 57.6 Å². The molecule has 2 aromatic carbocycles. The van der Waals surface area contributed by atoms with E-state index in [2.05, 4.69) is 15.9 Å². The van der Waals surface area contributed by atoms with Crippen molar-refractivity contribution in [1.29, 1.82) is 0 Å². The zero-order valence-corrected chi connectivity index (χ0v) is 12.4. The van der Waals surface area contributed by atoms with Crippen LogP contribution in [0.3, 0.4) is 0 Å². The van der Waals surface area contributed by atoms with E-state index in [0.717, 1.165) is 9.37 Å². The first kappa shape index (κ1) is 13.6. The largest absolute Gasteiger partial charge is 0.508 e. The predicted octanol–water partition coefficient (Wildman–Crippen LogP) is 2.53. The summed E-state index contributed by atoms with van der Waals surface area (Å²) in [6, 6.07) is 9.66. The average molecular weight is 347 g/mol. The minimum atomic E-state index is -0.438. The molecule has 0 radical (unpaired) electrons. The summed E-state index contributed by atoms with van der Waals surface area (Å²) in [5.74, 6) is -0.808. The number of phenolic OH excluding ortho intramolecular Hbond substituents is 1. The van der Waals surface area contributed by atoms with Crippen LogP contribution in [0.5, 0.6) is 5.75 Å². The van der Waals surface area contributed by atoms with Gasteiger partial charge in [-0.05, 0) is 30.3 Å². The number of carbonyl (C=O) groups is 2. The number of hydrogen-bond acceptors (Lipinski definition) is 4. The Morgan fingerprint density at radius 3 is 2.62 bits per heavy atom. The fourth-order valence-electron chi connectivity index (χ4n) is 2.35. The number of imide groups is 1. The van der Waals surface area contributed by atoms with E-state index in [4.69, 9.17) is 5.73 Å². The van der Waals surface area contributed by atoms with E-state index >= 15 is 0 Å². The molecule has 0 spiro atoms. The van der Waals surface area contributed by atoms with Crippen LogP contribution in [0.1, 0.15) is 26.3 Å². The maximum absolute atomic E-state index is 12.4. The lowest BCUT2D eigenvalue weighted by molar-refractivity contribution is 0.0642. The number of nitrogen functional groups attached to an aromatic ring is 1. The number of halogens is 1. The number of phenols is 1. The molecular weight excluding hydrogens is 336 g/mol. The molecule has 1 heterocycles. The second kappa shape index (κ2) is 4.89. The van der Waals surface area contributed by atoms with Gasteiger partial charge in [-0.1, -0.05) is 22.0 Å². The number of carbonyl (C=O) groups excluding carboxylic acids is 2. The highest BCUT2D eigenvalue weighted by Crippen LogP contribution is 2.31. The number of rotatable bonds is 2. The first-order valence-corrected chi connectivity index (χ1v) is 7.00. The summed E-state index contributed by atoms with van der Waals surface area (Å²) in [7, 11) is 0. The van der Waals surface area contributed by atoms with Crippen molar-refractivity contribution in [3.63, 3.8) is 0 Å². The molecule has 1 aliphatic rings. The highest BCUT2D eigenvalue weighted by atomic mass is 79.9. The maximum Gasteiger partial charge on any atom is 0.263 e. The van der Waals surface area contributed by atoms with Crippen molar-refractivity contribution in [1.82, 2.24) is 4.90 Å². The highest BCUT2D eigenvalue weighted by Gasteiger charge is 2.37. The van der Waals surface area contributed by atoms with Crippen molar-refractivity contribution >= 4 is 33.4 Å². The standard InChI is InChI=1S/C15H11BrN2O3/c16-9-4-5-12(19)8(6-9)7-18-14(20)10-2-1-3-11(17)13(10)15(18)21/h1-6,19H,7,17H2. The Kier molecular flexibility index (Phi) is 3.17. The van der Waals surface area contributed by atoms with Gasteiger partial charge in [0.1, 0.15) is 5.75 Å². The Balaban J connectivity index is 1.99. The summed E-state index contributed by atoms with van der Waals surface area (Å²) in [6.07, 6.45) is 0. The molecule has 3 rings (SSSR count). The van der Waals surface area contributed by atoms with Crippen LogP contribution in [0.15, 0.2) is 40.9 Å². The minimum absolute atomic E-state index is 0.00292. The molecule has 0 fully saturated rings. The second-order valence-electron chi connectivity index (χ2n) is 4.74. The summed E-state index contributed by atoms with van der Waals surface area (Å²) in [5, 5.41) is 9.84. The van der Waals surface area contributed by atoms with Crippen LogP contribution >= 0.6 is 15.9 Å². The lowest BCUT2D eigenvalue weighted by atomic mass is 10.1. The molecule has 0 aliphatic carbocycles. The van der Waals surface area contributed by atoms with Gasteiger partial charge in [0, 0.05) is 15.7 Å². The molecule has 3 N–H and O–H groups in total. The van der Waals surface area contributed by atoms with Gasteiger partial charge in [-0.2, -0.15) is 0 Å². The molecule has 2 amide bonds. The van der Waals surface area contributed by atoms with Crippen molar-refractivity contribution in [2.24, 2.45) is 0 Å². The van der Waals surface area contributed by atoms with Gasteiger partial charge in [0.15, 0.2) is 0 Å². The lowest BCUT2D eigenvalue weighted by Gasteiger charge is -2.15. The molecule has 21 heavy (non-hydrogen) atoms. The van der Waals surface area contributed by atoms with Crippen LogP contribution in [-0.2, 0) is 6.54 Å². The summed E-state index contributed by atoms with van der Waals surface area (Å²) >= 11 is 3.30. The van der Waals surface area contributed by atoms with Crippen molar-refractivity contribution in [2.45, 2.75) is 6.54 Å². The molecule has 0 saturated carbocycles. The first-order chi connectivity index (χ1) is 9.99. The van der Waals surface area contributed by atoms with Gasteiger partial charge < -0.3 is 10.8 Å². The number of nitrogens with two attached hydrogens (primary N) is 1. The summed E-state index contributed by atoms with van der Waals surface area (Å²) in [6.45, 7) is -0.00292. The minimum Gasteiger partial charge on any atom is -0.508 e. The number of amides is 2. The van der Waals surface area contributed by atoms with E-state index in [-0.39, 0.29) is 23.5 Å². The molecular formula is C15H11BrN2O3. The summed E-state index contributed by atoms with van der Waals surface area (Å²) < 4.78 is 0.756. The van der Waals surface area contributed by atoms with Gasteiger partial charge >= 0.3 is 0 Å². The number of hydrogen-bond donors (Lipinski definition) is 2. The molecule has 6 heteroatoms. The molecule has 2 aromatic rings. The molecule has 0 atom stereocenters. The van der Waals surface area contributed by atoms with Gasteiger partial charge in [0.05, 0.1) is 17.7 Å². The van der Waals surface area contributed by atoms with Gasteiger partial charge in [0.25, 0.3) is 11.8 Å². The number of anilines is 1. The zero-order valence-electron chi connectivity index (χ0n) is 10.8. The SMILES string of the molecule is Nc1cccc2c1C(=O)N(Cc1cc(Br)ccc1O)C2=O. The van der Waals surface area contributed by atoms with E-state index in [1.54, 1.807) is 30.3 Å². The Bertz CT molecular complexity index is 774. The number of benzene rings is 2. The lowest BCUT2D eigenvalue weighted by Crippen LogP contribution is -2.29. The second-order valence-corrected chi connectivity index (χ2v) is 5.65. The number of fused-ring (bicyclic) bond motifs is 1. The van der Waals surface area contributed by atoms with Crippen molar-refractivity contribution in [3.8, 4) is 5.75 Å². The van der Waals surface area contributed by atoms with Crippen LogP contribution in [-0.4, -0.2) is 21.8 Å². The topological polar surface area (TPSA) is 83.6 Å². The Morgan fingerprint density at radius 1 is 1.14 bits per heavy atom. The first-order valence-electron chi connectivity index (χ1n) is 6.21. The molecule has 5 nitrogen and oxygen atoms in total. The summed E-state index contributed by atoms with van der Waals surface area (Å²) in [5.41, 5.74) is 7.08. The third-order valence-corrected chi connectivity index (χ3v) is 3.89. The molecule has 0 unspecified atom stereocenters. The average Bonchev–Trinajstić information content (AvgIpc) is 2.69. The Hall–Kier alpha value is -2.34. The summed E-state index contributed by atoms with van der Waals surface area (Å²) in [4.78, 5) is 25.8. The Labute approximate surface area is 129 Å². The monoisotopic (exact) mass is 346 g/mol. The van der Waals surface area contributed by atoms with Gasteiger partial charge in [-0.3, -0.25) is 14.5 Å². The molecule has 1 aliphatic heterocycles. The smallest absolute Gasteiger partial charge is 0.263 e. The van der Waals surface area contributed by atoms with Crippen LogP contribution in [0, 0.1) is 0 Å². The third-order valence-electron chi connectivity index (χ3n) is 3.40. The molecule has 106 valence electrons. The highest BCUT2D eigenvalue weighted by molar-refractivity contribution is 9.10. The van der Waals surface area contributed by atoms with Crippen LogP contribution in [0.2, 0.25) is 0 Å². The van der Waals surface area contributed by atoms with Crippen LogP contribution < -0.4 is 5.73 Å². The van der Waals surface area contributed by atoms with E-state index < -0.39 is 11.8 Å². The number of aromatic hydroxyl groups is 1.